The molecule has 4 rings (SSSR count). The zero-order valence-electron chi connectivity index (χ0n) is 18.5. The van der Waals surface area contributed by atoms with Crippen molar-refractivity contribution in [3.8, 4) is 23.3 Å². The number of nitriles is 2. The molecule has 0 bridgehead atoms. The third-order valence-corrected chi connectivity index (χ3v) is 5.40. The molecule has 0 saturated carbocycles. The van der Waals surface area contributed by atoms with Gasteiger partial charge in [-0.3, -0.25) is 0 Å². The molecule has 4 aromatic rings. The summed E-state index contributed by atoms with van der Waals surface area (Å²) in [7, 11) is 0. The van der Waals surface area contributed by atoms with Crippen molar-refractivity contribution in [2.24, 2.45) is 0 Å². The molecule has 160 valence electrons. The number of allylic oxidation sites excluding steroid dienone is 1. The summed E-state index contributed by atoms with van der Waals surface area (Å²) in [6.07, 6.45) is 4.78. The summed E-state index contributed by atoms with van der Waals surface area (Å²) in [5.74, 6) is 1.22. The van der Waals surface area contributed by atoms with Crippen LogP contribution in [0.15, 0.2) is 48.7 Å². The predicted octanol–water partition coefficient (Wildman–Crippen LogP) is 5.35. The average Bonchev–Trinajstić information content (AvgIpc) is 2.78. The van der Waals surface area contributed by atoms with Crippen LogP contribution in [0.1, 0.15) is 27.8 Å². The molecule has 0 unspecified atom stereocenters. The number of rotatable bonds is 4. The summed E-state index contributed by atoms with van der Waals surface area (Å²) in [5.41, 5.74) is 13.4. The lowest BCUT2D eigenvalue weighted by Crippen LogP contribution is -2.04. The second-order valence-corrected chi connectivity index (χ2v) is 7.75. The van der Waals surface area contributed by atoms with Crippen LogP contribution in [0.25, 0.3) is 28.1 Å². The highest BCUT2D eigenvalue weighted by atomic mass is 15.2. The van der Waals surface area contributed by atoms with Crippen molar-refractivity contribution in [1.29, 1.82) is 10.5 Å². The zero-order valence-corrected chi connectivity index (χ0v) is 18.5. The molecule has 2 aromatic heterocycles. The maximum absolute atomic E-state index is 9.13. The van der Waals surface area contributed by atoms with E-state index in [1.807, 2.05) is 57.2 Å². The first-order valence-electron chi connectivity index (χ1n) is 10.3. The Labute approximate surface area is 191 Å². The molecule has 0 aliphatic heterocycles. The van der Waals surface area contributed by atoms with Gasteiger partial charge in [-0.05, 0) is 66.8 Å². The fraction of sp³-hybridized carbons (Fsp3) is 0.115. The van der Waals surface area contributed by atoms with E-state index in [2.05, 4.69) is 21.4 Å². The number of nitrogens with two attached hydrogens (primary N) is 1. The van der Waals surface area contributed by atoms with Crippen molar-refractivity contribution in [2.75, 3.05) is 11.1 Å². The highest BCUT2D eigenvalue weighted by Crippen LogP contribution is 2.35. The number of benzene rings is 2. The molecule has 0 aliphatic carbocycles. The van der Waals surface area contributed by atoms with E-state index in [4.69, 9.17) is 21.2 Å². The molecule has 2 aromatic carbocycles. The Hall–Kier alpha value is -4.75. The van der Waals surface area contributed by atoms with Crippen LogP contribution in [0.3, 0.4) is 0 Å². The number of nitrogen functional groups attached to an aromatic ring is 1. The Morgan fingerprint density at radius 2 is 1.76 bits per heavy atom. The van der Waals surface area contributed by atoms with Gasteiger partial charge in [0.05, 0.1) is 17.1 Å². The van der Waals surface area contributed by atoms with Gasteiger partial charge in [0.2, 0.25) is 5.95 Å². The number of pyridine rings is 1. The van der Waals surface area contributed by atoms with Crippen molar-refractivity contribution >= 4 is 34.6 Å². The summed E-state index contributed by atoms with van der Waals surface area (Å²) < 4.78 is 0. The Kier molecular flexibility index (Phi) is 5.71. The number of hydrogen-bond acceptors (Lipinski definition) is 7. The van der Waals surface area contributed by atoms with Crippen LogP contribution in [-0.4, -0.2) is 15.0 Å². The summed E-state index contributed by atoms with van der Waals surface area (Å²) in [5, 5.41) is 21.8. The average molecular weight is 432 g/mol. The van der Waals surface area contributed by atoms with Crippen molar-refractivity contribution in [1.82, 2.24) is 15.0 Å². The van der Waals surface area contributed by atoms with E-state index in [0.29, 0.717) is 23.1 Å². The Bertz CT molecular complexity index is 1480. The van der Waals surface area contributed by atoms with Gasteiger partial charge in [0.25, 0.3) is 0 Å². The number of fused-ring (bicyclic) bond motifs is 1. The summed E-state index contributed by atoms with van der Waals surface area (Å²) in [6, 6.07) is 15.9. The topological polar surface area (TPSA) is 124 Å². The van der Waals surface area contributed by atoms with Crippen LogP contribution in [0.2, 0.25) is 0 Å². The Morgan fingerprint density at radius 1 is 1.00 bits per heavy atom. The smallest absolute Gasteiger partial charge is 0.230 e. The summed E-state index contributed by atoms with van der Waals surface area (Å²) in [6.45, 7) is 5.93. The van der Waals surface area contributed by atoms with Crippen molar-refractivity contribution < 1.29 is 0 Å². The SMILES string of the molecule is Cc1cc(Nc2nc(N)c3cccc(-c4c(C)cc(/C=C/C#N)cc4C)c3n2)ncc1C#N. The van der Waals surface area contributed by atoms with E-state index in [-0.39, 0.29) is 0 Å². The van der Waals surface area contributed by atoms with Gasteiger partial charge in [-0.25, -0.2) is 9.97 Å². The van der Waals surface area contributed by atoms with Gasteiger partial charge >= 0.3 is 0 Å². The lowest BCUT2D eigenvalue weighted by Gasteiger charge is -2.15. The number of nitrogens with one attached hydrogen (secondary N) is 1. The molecular weight excluding hydrogens is 410 g/mol. The van der Waals surface area contributed by atoms with Crippen molar-refractivity contribution in [3.63, 3.8) is 0 Å². The van der Waals surface area contributed by atoms with Crippen LogP contribution >= 0.6 is 0 Å². The molecule has 0 atom stereocenters. The summed E-state index contributed by atoms with van der Waals surface area (Å²) >= 11 is 0. The molecule has 0 fully saturated rings. The number of anilines is 3. The van der Waals surface area contributed by atoms with E-state index in [1.54, 1.807) is 12.1 Å². The fourth-order valence-electron chi connectivity index (χ4n) is 3.94. The maximum atomic E-state index is 9.13. The van der Waals surface area contributed by atoms with Gasteiger partial charge in [-0.1, -0.05) is 24.3 Å². The van der Waals surface area contributed by atoms with Gasteiger partial charge in [0.15, 0.2) is 0 Å². The molecule has 0 radical (unpaired) electrons. The molecule has 7 heteroatoms. The molecule has 0 aliphatic rings. The second kappa shape index (κ2) is 8.78. The molecule has 3 N–H and O–H groups in total. The number of aromatic nitrogens is 3. The van der Waals surface area contributed by atoms with Gasteiger partial charge in [0, 0.05) is 23.2 Å². The third kappa shape index (κ3) is 4.21. The molecule has 7 nitrogen and oxygen atoms in total. The number of aryl methyl sites for hydroxylation is 3. The normalized spacial score (nSPS) is 10.8. The molecule has 2 heterocycles. The van der Waals surface area contributed by atoms with E-state index < -0.39 is 0 Å². The van der Waals surface area contributed by atoms with Gasteiger partial charge in [-0.2, -0.15) is 15.5 Å². The highest BCUT2D eigenvalue weighted by Gasteiger charge is 2.15. The van der Waals surface area contributed by atoms with Crippen LogP contribution < -0.4 is 11.1 Å². The standard InChI is InChI=1S/C26H21N7/c1-15-12-22(30-14-19(15)13-28)31-26-32-24-20(7-4-8-21(24)25(29)33-26)23-16(2)10-18(6-5-9-27)11-17(23)3/h4-8,10-12,14H,1-3H3,(H3,29,30,31,32,33)/b6-5+. The molecule has 0 saturated heterocycles. The monoisotopic (exact) mass is 431 g/mol. The van der Waals surface area contributed by atoms with Gasteiger partial charge in [0.1, 0.15) is 17.7 Å². The largest absolute Gasteiger partial charge is 0.383 e. The number of nitrogens with zero attached hydrogens (tertiary/aromatic N) is 5. The Morgan fingerprint density at radius 3 is 2.42 bits per heavy atom. The quantitative estimate of drug-likeness (QED) is 0.417. The molecule has 33 heavy (non-hydrogen) atoms. The van der Waals surface area contributed by atoms with Crippen molar-refractivity contribution in [2.45, 2.75) is 20.8 Å². The predicted molar refractivity (Wildman–Crippen MR) is 130 cm³/mol. The number of hydrogen-bond donors (Lipinski definition) is 2. The first kappa shape index (κ1) is 21.5. The van der Waals surface area contributed by atoms with Crippen LogP contribution in [-0.2, 0) is 0 Å². The van der Waals surface area contributed by atoms with Gasteiger partial charge < -0.3 is 11.1 Å². The summed E-state index contributed by atoms with van der Waals surface area (Å²) in [4.78, 5) is 13.5. The Balaban J connectivity index is 1.84. The van der Waals surface area contributed by atoms with Gasteiger partial charge in [-0.15, -0.1) is 0 Å². The minimum atomic E-state index is 0.327. The van der Waals surface area contributed by atoms with Crippen LogP contribution in [0, 0.1) is 43.4 Å². The first-order chi connectivity index (χ1) is 15.9. The number of para-hydroxylation sites is 1. The van der Waals surface area contributed by atoms with Crippen molar-refractivity contribution in [3.05, 3.63) is 76.5 Å². The highest BCUT2D eigenvalue weighted by molar-refractivity contribution is 6.00. The van der Waals surface area contributed by atoms with E-state index in [9.17, 15) is 0 Å². The van der Waals surface area contributed by atoms with E-state index in [1.165, 1.54) is 12.3 Å². The van der Waals surface area contributed by atoms with E-state index in [0.717, 1.165) is 44.3 Å². The van der Waals surface area contributed by atoms with Crippen LogP contribution in [0.5, 0.6) is 0 Å². The molecule has 0 amide bonds. The lowest BCUT2D eigenvalue weighted by molar-refractivity contribution is 1.18. The molecule has 0 spiro atoms. The fourth-order valence-corrected chi connectivity index (χ4v) is 3.94. The van der Waals surface area contributed by atoms with Crippen LogP contribution in [0.4, 0.5) is 17.6 Å². The second-order valence-electron chi connectivity index (χ2n) is 7.75. The molecular formula is C26H21N7. The van der Waals surface area contributed by atoms with E-state index >= 15 is 0 Å². The zero-order chi connectivity index (χ0) is 23.5. The minimum absolute atomic E-state index is 0.327. The first-order valence-corrected chi connectivity index (χ1v) is 10.3. The lowest BCUT2D eigenvalue weighted by atomic mass is 9.92. The third-order valence-electron chi connectivity index (χ3n) is 5.40. The minimum Gasteiger partial charge on any atom is -0.383 e. The maximum Gasteiger partial charge on any atom is 0.230 e.